The second kappa shape index (κ2) is 10.5. The van der Waals surface area contributed by atoms with Crippen molar-refractivity contribution in [3.63, 3.8) is 0 Å². The molecule has 1 amide bonds. The summed E-state index contributed by atoms with van der Waals surface area (Å²) in [4.78, 5) is 32.4. The number of ether oxygens (including phenoxy) is 2. The lowest BCUT2D eigenvalue weighted by Gasteiger charge is -2.27. The number of anilines is 1. The number of aromatic nitrogens is 4. The van der Waals surface area contributed by atoms with Crippen LogP contribution in [-0.4, -0.2) is 49.1 Å². The molecule has 0 radical (unpaired) electrons. The maximum atomic E-state index is 13.5. The molecule has 3 aromatic heterocycles. The summed E-state index contributed by atoms with van der Waals surface area (Å²) in [5.74, 6) is 0.456. The molecule has 0 atom stereocenters. The van der Waals surface area contributed by atoms with E-state index in [-0.39, 0.29) is 23.6 Å². The van der Waals surface area contributed by atoms with Crippen molar-refractivity contribution < 1.29 is 19.1 Å². The number of hydrogen-bond acceptors (Lipinski definition) is 6. The van der Waals surface area contributed by atoms with E-state index >= 15 is 0 Å². The van der Waals surface area contributed by atoms with Crippen molar-refractivity contribution in [3.05, 3.63) is 59.0 Å². The highest BCUT2D eigenvalue weighted by Gasteiger charge is 2.28. The first-order valence-corrected chi connectivity index (χ1v) is 13.4. The lowest BCUT2D eigenvalue weighted by Crippen LogP contribution is -2.39. The minimum absolute atomic E-state index is 0.197. The number of amides is 1. The highest BCUT2D eigenvalue weighted by Crippen LogP contribution is 2.28. The number of para-hydroxylation sites is 1. The Labute approximate surface area is 233 Å². The van der Waals surface area contributed by atoms with Gasteiger partial charge in [-0.15, -0.1) is 0 Å². The molecule has 10 heteroatoms. The third-order valence-electron chi connectivity index (χ3n) is 5.96. The van der Waals surface area contributed by atoms with Crippen molar-refractivity contribution in [2.24, 2.45) is 0 Å². The molecule has 4 aromatic rings. The van der Waals surface area contributed by atoms with E-state index in [0.29, 0.717) is 6.42 Å². The van der Waals surface area contributed by atoms with Crippen molar-refractivity contribution in [3.8, 4) is 0 Å². The van der Waals surface area contributed by atoms with Gasteiger partial charge in [-0.05, 0) is 65.5 Å². The Bertz CT molecular complexity index is 1520. The second-order valence-corrected chi connectivity index (χ2v) is 12.2. The first-order chi connectivity index (χ1) is 18.1. The van der Waals surface area contributed by atoms with Crippen molar-refractivity contribution in [2.45, 2.75) is 78.9 Å². The lowest BCUT2D eigenvalue weighted by atomic mass is 10.1. The number of fused-ring (bicyclic) bond motifs is 2. The largest absolute Gasteiger partial charge is 0.443 e. The summed E-state index contributed by atoms with van der Waals surface area (Å²) >= 11 is 6.44. The Balaban J connectivity index is 1.76. The molecule has 0 unspecified atom stereocenters. The molecule has 0 aliphatic carbocycles. The molecule has 0 N–H and O–H groups in total. The molecular formula is C29H36ClN5O4. The van der Waals surface area contributed by atoms with E-state index in [4.69, 9.17) is 21.1 Å². The summed E-state index contributed by atoms with van der Waals surface area (Å²) in [6, 6.07) is 9.34. The van der Waals surface area contributed by atoms with Crippen LogP contribution in [0, 0.1) is 0 Å². The summed E-state index contributed by atoms with van der Waals surface area (Å²) in [6.45, 7) is 15.2. The summed E-state index contributed by atoms with van der Waals surface area (Å²) in [7, 11) is 0. The average molecular weight is 554 g/mol. The standard InChI is InChI=1S/C29H36ClN5O4/c1-18(2)21-16-31-35-23(21)15-24(30)32-25(35)33(26(36)38-28(3,4)5)14-13-19-17-34(27(37)39-29(6,7)8)22-12-10-9-11-20(19)22/h9-12,15-18H,13-14H2,1-8H3. The number of rotatable bonds is 5. The normalized spacial score (nSPS) is 12.4. The van der Waals surface area contributed by atoms with Gasteiger partial charge in [-0.25, -0.2) is 19.5 Å². The van der Waals surface area contributed by atoms with E-state index in [2.05, 4.69) is 23.9 Å². The molecule has 9 nitrogen and oxygen atoms in total. The summed E-state index contributed by atoms with van der Waals surface area (Å²) in [5.41, 5.74) is 1.99. The van der Waals surface area contributed by atoms with E-state index in [0.717, 1.165) is 27.5 Å². The maximum Gasteiger partial charge on any atom is 0.419 e. The number of carbonyl (C=O) groups is 2. The van der Waals surface area contributed by atoms with Gasteiger partial charge in [-0.2, -0.15) is 9.61 Å². The Morgan fingerprint density at radius 3 is 2.33 bits per heavy atom. The number of benzene rings is 1. The number of carbonyl (C=O) groups excluding carboxylic acids is 2. The fourth-order valence-electron chi connectivity index (χ4n) is 4.32. The Kier molecular flexibility index (Phi) is 7.67. The second-order valence-electron chi connectivity index (χ2n) is 11.8. The third kappa shape index (κ3) is 6.36. The van der Waals surface area contributed by atoms with Gasteiger partial charge in [0.25, 0.3) is 0 Å². The molecule has 208 valence electrons. The van der Waals surface area contributed by atoms with Crippen molar-refractivity contribution >= 4 is 46.2 Å². The zero-order valence-electron chi connectivity index (χ0n) is 23.8. The van der Waals surface area contributed by atoms with E-state index in [1.807, 2.05) is 65.8 Å². The monoisotopic (exact) mass is 553 g/mol. The quantitative estimate of drug-likeness (QED) is 0.242. The zero-order valence-corrected chi connectivity index (χ0v) is 24.5. The molecule has 0 aliphatic rings. The smallest absolute Gasteiger partial charge is 0.419 e. The van der Waals surface area contributed by atoms with Crippen LogP contribution >= 0.6 is 11.6 Å². The van der Waals surface area contributed by atoms with Gasteiger partial charge in [0.2, 0.25) is 5.95 Å². The van der Waals surface area contributed by atoms with Crippen LogP contribution in [0.15, 0.2) is 42.7 Å². The van der Waals surface area contributed by atoms with E-state index in [1.165, 1.54) is 9.47 Å². The Hall–Kier alpha value is -3.59. The van der Waals surface area contributed by atoms with Gasteiger partial charge in [-0.1, -0.05) is 43.6 Å². The molecule has 39 heavy (non-hydrogen) atoms. The highest BCUT2D eigenvalue weighted by molar-refractivity contribution is 6.29. The molecule has 0 bridgehead atoms. The molecule has 3 heterocycles. The minimum Gasteiger partial charge on any atom is -0.443 e. The topological polar surface area (TPSA) is 91.0 Å². The van der Waals surface area contributed by atoms with Crippen LogP contribution in [0.5, 0.6) is 0 Å². The lowest BCUT2D eigenvalue weighted by molar-refractivity contribution is 0.0540. The number of nitrogens with zero attached hydrogens (tertiary/aromatic N) is 5. The minimum atomic E-state index is -0.729. The zero-order chi connectivity index (χ0) is 28.7. The van der Waals surface area contributed by atoms with Gasteiger partial charge < -0.3 is 9.47 Å². The maximum absolute atomic E-state index is 13.5. The Morgan fingerprint density at radius 1 is 1.03 bits per heavy atom. The highest BCUT2D eigenvalue weighted by atomic mass is 35.5. The van der Waals surface area contributed by atoms with Crippen LogP contribution in [0.3, 0.4) is 0 Å². The predicted molar refractivity (Wildman–Crippen MR) is 153 cm³/mol. The summed E-state index contributed by atoms with van der Waals surface area (Å²) < 4.78 is 14.5. The third-order valence-corrected chi connectivity index (χ3v) is 6.15. The number of halogens is 1. The summed E-state index contributed by atoms with van der Waals surface area (Å²) in [6.07, 6.45) is 2.89. The molecule has 4 rings (SSSR count). The van der Waals surface area contributed by atoms with Crippen LogP contribution < -0.4 is 4.90 Å². The van der Waals surface area contributed by atoms with E-state index < -0.39 is 23.4 Å². The first kappa shape index (κ1) is 28.4. The van der Waals surface area contributed by atoms with Crippen LogP contribution in [0.2, 0.25) is 5.15 Å². The predicted octanol–water partition coefficient (Wildman–Crippen LogP) is 7.23. The SMILES string of the molecule is CC(C)c1cnn2c(N(CCc3cn(C(=O)OC(C)(C)C)c4ccccc34)C(=O)OC(C)(C)C)nc(Cl)cc12. The van der Waals surface area contributed by atoms with E-state index in [9.17, 15) is 9.59 Å². The van der Waals surface area contributed by atoms with Gasteiger partial charge in [0.15, 0.2) is 0 Å². The van der Waals surface area contributed by atoms with Crippen molar-refractivity contribution in [2.75, 3.05) is 11.4 Å². The first-order valence-electron chi connectivity index (χ1n) is 13.0. The fourth-order valence-corrected chi connectivity index (χ4v) is 4.49. The van der Waals surface area contributed by atoms with Crippen molar-refractivity contribution in [1.82, 2.24) is 19.2 Å². The molecule has 1 aromatic carbocycles. The van der Waals surface area contributed by atoms with Gasteiger partial charge in [0.05, 0.1) is 17.2 Å². The van der Waals surface area contributed by atoms with Crippen molar-refractivity contribution in [1.29, 1.82) is 0 Å². The average Bonchev–Trinajstić information content (AvgIpc) is 3.39. The molecule has 0 aliphatic heterocycles. The Morgan fingerprint density at radius 2 is 1.69 bits per heavy atom. The van der Waals surface area contributed by atoms with Crippen LogP contribution in [-0.2, 0) is 15.9 Å². The molecule has 0 saturated heterocycles. The fraction of sp³-hybridized carbons (Fsp3) is 0.448. The number of hydrogen-bond donors (Lipinski definition) is 0. The molecule has 0 fully saturated rings. The van der Waals surface area contributed by atoms with Crippen LogP contribution in [0.25, 0.3) is 16.4 Å². The van der Waals surface area contributed by atoms with Crippen LogP contribution in [0.1, 0.15) is 72.4 Å². The van der Waals surface area contributed by atoms with Gasteiger partial charge in [0, 0.05) is 29.8 Å². The van der Waals surface area contributed by atoms with Crippen LogP contribution in [0.4, 0.5) is 15.5 Å². The molecule has 0 spiro atoms. The van der Waals surface area contributed by atoms with Gasteiger partial charge >= 0.3 is 12.2 Å². The molecule has 0 saturated carbocycles. The molecular weight excluding hydrogens is 518 g/mol. The van der Waals surface area contributed by atoms with E-state index in [1.54, 1.807) is 23.0 Å². The van der Waals surface area contributed by atoms with Gasteiger partial charge in [0.1, 0.15) is 16.4 Å². The van der Waals surface area contributed by atoms with Gasteiger partial charge in [-0.3, -0.25) is 4.57 Å². The summed E-state index contributed by atoms with van der Waals surface area (Å²) in [5, 5.41) is 5.66.